The lowest BCUT2D eigenvalue weighted by Gasteiger charge is -2.31. The zero-order chi connectivity index (χ0) is 23.0. The number of para-hydroxylation sites is 1. The quantitative estimate of drug-likeness (QED) is 0.609. The van der Waals surface area contributed by atoms with Crippen molar-refractivity contribution in [3.05, 3.63) is 65.7 Å². The van der Waals surface area contributed by atoms with Crippen LogP contribution in [0.25, 0.3) is 0 Å². The number of hydrogen-bond acceptors (Lipinski definition) is 4. The van der Waals surface area contributed by atoms with E-state index in [0.717, 1.165) is 28.1 Å². The van der Waals surface area contributed by atoms with Crippen molar-refractivity contribution in [2.45, 2.75) is 39.8 Å². The molecule has 0 saturated carbocycles. The molecule has 1 atom stereocenters. The fourth-order valence-electron chi connectivity index (χ4n) is 3.19. The Hall–Kier alpha value is -2.87. The molecule has 1 N–H and O–H groups in total. The van der Waals surface area contributed by atoms with Gasteiger partial charge in [0.2, 0.25) is 21.8 Å². The van der Waals surface area contributed by atoms with E-state index in [2.05, 4.69) is 5.32 Å². The van der Waals surface area contributed by atoms with Gasteiger partial charge in [0, 0.05) is 13.1 Å². The van der Waals surface area contributed by atoms with Gasteiger partial charge in [0.25, 0.3) is 0 Å². The maximum absolute atomic E-state index is 13.3. The number of nitrogens with one attached hydrogen (secondary N) is 1. The number of anilines is 1. The van der Waals surface area contributed by atoms with Gasteiger partial charge in [-0.15, -0.1) is 0 Å². The van der Waals surface area contributed by atoms with Crippen LogP contribution in [0.4, 0.5) is 5.69 Å². The highest BCUT2D eigenvalue weighted by Gasteiger charge is 2.29. The molecule has 2 rings (SSSR count). The molecule has 0 aliphatic carbocycles. The minimum absolute atomic E-state index is 0.202. The molecule has 7 nitrogen and oxygen atoms in total. The van der Waals surface area contributed by atoms with E-state index >= 15 is 0 Å². The molecule has 0 saturated heterocycles. The second-order valence-corrected chi connectivity index (χ2v) is 9.49. The smallest absolute Gasteiger partial charge is 0.244 e. The van der Waals surface area contributed by atoms with Gasteiger partial charge in [-0.05, 0) is 38.0 Å². The van der Waals surface area contributed by atoms with Crippen LogP contribution in [0.2, 0.25) is 0 Å². The second kappa shape index (κ2) is 10.9. The summed E-state index contributed by atoms with van der Waals surface area (Å²) in [5.41, 5.74) is 2.31. The number of benzene rings is 2. The third-order valence-corrected chi connectivity index (χ3v) is 6.02. The third-order valence-electron chi connectivity index (χ3n) is 4.88. The zero-order valence-corrected chi connectivity index (χ0v) is 19.4. The molecular formula is C23H31N3O4S. The van der Waals surface area contributed by atoms with Crippen LogP contribution in [0.15, 0.2) is 54.6 Å². The van der Waals surface area contributed by atoms with E-state index < -0.39 is 22.0 Å². The van der Waals surface area contributed by atoms with Crippen LogP contribution in [0.1, 0.15) is 31.4 Å². The fraction of sp³-hybridized carbons (Fsp3) is 0.391. The Kier molecular flexibility index (Phi) is 8.62. The van der Waals surface area contributed by atoms with Gasteiger partial charge in [-0.25, -0.2) is 8.42 Å². The van der Waals surface area contributed by atoms with Crippen molar-refractivity contribution in [2.75, 3.05) is 23.7 Å². The van der Waals surface area contributed by atoms with E-state index in [4.69, 9.17) is 0 Å². The lowest BCUT2D eigenvalue weighted by Crippen LogP contribution is -2.51. The summed E-state index contributed by atoms with van der Waals surface area (Å²) in [7, 11) is -3.70. The predicted octanol–water partition coefficient (Wildman–Crippen LogP) is 2.70. The zero-order valence-electron chi connectivity index (χ0n) is 18.5. The number of nitrogens with zero attached hydrogens (tertiary/aromatic N) is 2. The lowest BCUT2D eigenvalue weighted by molar-refractivity contribution is -0.139. The topological polar surface area (TPSA) is 86.8 Å². The Labute approximate surface area is 185 Å². The molecule has 0 radical (unpaired) electrons. The molecule has 0 aliphatic rings. The highest BCUT2D eigenvalue weighted by molar-refractivity contribution is 7.92. The van der Waals surface area contributed by atoms with Crippen LogP contribution < -0.4 is 9.62 Å². The summed E-state index contributed by atoms with van der Waals surface area (Å²) in [6.07, 6.45) is 1.84. The first-order valence-corrected chi connectivity index (χ1v) is 12.1. The van der Waals surface area contributed by atoms with E-state index in [1.165, 1.54) is 4.90 Å². The van der Waals surface area contributed by atoms with Crippen LogP contribution in [0, 0.1) is 6.92 Å². The van der Waals surface area contributed by atoms with Crippen molar-refractivity contribution in [3.8, 4) is 0 Å². The third kappa shape index (κ3) is 7.10. The Morgan fingerprint density at radius 3 is 2.32 bits per heavy atom. The summed E-state index contributed by atoms with van der Waals surface area (Å²) in [4.78, 5) is 27.4. The number of sulfonamides is 1. The maximum atomic E-state index is 13.3. The minimum Gasteiger partial charge on any atom is -0.354 e. The van der Waals surface area contributed by atoms with Crippen LogP contribution in [-0.4, -0.2) is 50.5 Å². The van der Waals surface area contributed by atoms with Gasteiger partial charge < -0.3 is 10.2 Å². The number of carbonyl (C=O) groups excluding carboxylic acids is 2. The van der Waals surface area contributed by atoms with Crippen molar-refractivity contribution >= 4 is 27.5 Å². The summed E-state index contributed by atoms with van der Waals surface area (Å²) in [6, 6.07) is 15.4. The first-order valence-electron chi connectivity index (χ1n) is 10.3. The summed E-state index contributed by atoms with van der Waals surface area (Å²) in [6.45, 7) is 5.88. The molecule has 2 aromatic rings. The lowest BCUT2D eigenvalue weighted by atomic mass is 10.1. The summed E-state index contributed by atoms with van der Waals surface area (Å²) >= 11 is 0. The molecule has 0 aromatic heterocycles. The Morgan fingerprint density at radius 2 is 1.74 bits per heavy atom. The Balaban J connectivity index is 2.34. The van der Waals surface area contributed by atoms with Crippen LogP contribution >= 0.6 is 0 Å². The van der Waals surface area contributed by atoms with Crippen LogP contribution in [-0.2, 0) is 26.2 Å². The summed E-state index contributed by atoms with van der Waals surface area (Å²) < 4.78 is 25.9. The summed E-state index contributed by atoms with van der Waals surface area (Å²) in [5, 5.41) is 2.82. The molecule has 31 heavy (non-hydrogen) atoms. The number of hydrogen-bond donors (Lipinski definition) is 1. The molecule has 2 aromatic carbocycles. The molecule has 0 aliphatic heterocycles. The van der Waals surface area contributed by atoms with Gasteiger partial charge >= 0.3 is 0 Å². The molecule has 2 amide bonds. The van der Waals surface area contributed by atoms with E-state index in [9.17, 15) is 18.0 Å². The van der Waals surface area contributed by atoms with Crippen molar-refractivity contribution in [2.24, 2.45) is 0 Å². The highest BCUT2D eigenvalue weighted by Crippen LogP contribution is 2.18. The first-order chi connectivity index (χ1) is 14.6. The highest BCUT2D eigenvalue weighted by atomic mass is 32.2. The Morgan fingerprint density at radius 1 is 1.06 bits per heavy atom. The van der Waals surface area contributed by atoms with Crippen molar-refractivity contribution in [1.82, 2.24) is 10.2 Å². The van der Waals surface area contributed by atoms with Gasteiger partial charge in [0.15, 0.2) is 0 Å². The minimum atomic E-state index is -3.70. The van der Waals surface area contributed by atoms with Crippen molar-refractivity contribution in [3.63, 3.8) is 0 Å². The fourth-order valence-corrected chi connectivity index (χ4v) is 4.04. The Bertz CT molecular complexity index is 993. The predicted molar refractivity (Wildman–Crippen MR) is 123 cm³/mol. The van der Waals surface area contributed by atoms with E-state index in [0.29, 0.717) is 12.2 Å². The van der Waals surface area contributed by atoms with Gasteiger partial charge in [0.1, 0.15) is 12.6 Å². The number of amides is 2. The largest absolute Gasteiger partial charge is 0.354 e. The van der Waals surface area contributed by atoms with E-state index in [1.807, 2.05) is 38.1 Å². The van der Waals surface area contributed by atoms with E-state index in [-0.39, 0.29) is 19.0 Å². The monoisotopic (exact) mass is 445 g/mol. The van der Waals surface area contributed by atoms with Crippen molar-refractivity contribution < 1.29 is 18.0 Å². The molecule has 8 heteroatoms. The number of rotatable bonds is 10. The molecule has 168 valence electrons. The second-order valence-electron chi connectivity index (χ2n) is 7.58. The maximum Gasteiger partial charge on any atom is 0.244 e. The van der Waals surface area contributed by atoms with Gasteiger partial charge in [-0.2, -0.15) is 0 Å². The number of aryl methyl sites for hydroxylation is 1. The SMILES string of the molecule is CCCNC(=O)[C@@H](C)N(Cc1cccc(C)c1)C(=O)CN(c1ccccc1)S(C)(=O)=O. The molecule has 0 spiro atoms. The standard InChI is InChI=1S/C23H31N3O4S/c1-5-14-24-23(28)19(3)25(16-20-11-9-10-18(2)15-20)22(27)17-26(31(4,29)30)21-12-7-6-8-13-21/h6-13,15,19H,5,14,16-17H2,1-4H3,(H,24,28)/t19-/m1/s1. The van der Waals surface area contributed by atoms with Gasteiger partial charge in [-0.3, -0.25) is 13.9 Å². The average molecular weight is 446 g/mol. The molecular weight excluding hydrogens is 414 g/mol. The van der Waals surface area contributed by atoms with Gasteiger partial charge in [0.05, 0.1) is 11.9 Å². The molecule has 0 fully saturated rings. The molecule has 0 unspecified atom stereocenters. The number of carbonyl (C=O) groups is 2. The average Bonchev–Trinajstić information content (AvgIpc) is 2.73. The van der Waals surface area contributed by atoms with Gasteiger partial charge in [-0.1, -0.05) is 55.0 Å². The molecule has 0 heterocycles. The summed E-state index contributed by atoms with van der Waals surface area (Å²) in [5.74, 6) is -0.719. The first kappa shape index (κ1) is 24.4. The van der Waals surface area contributed by atoms with E-state index in [1.54, 1.807) is 37.3 Å². The normalized spacial score (nSPS) is 12.1. The van der Waals surface area contributed by atoms with Crippen LogP contribution in [0.3, 0.4) is 0 Å². The van der Waals surface area contributed by atoms with Crippen LogP contribution in [0.5, 0.6) is 0 Å². The molecule has 0 bridgehead atoms. The van der Waals surface area contributed by atoms with Crippen molar-refractivity contribution in [1.29, 1.82) is 0 Å².